The van der Waals surface area contributed by atoms with Gasteiger partial charge in [-0.05, 0) is 53.9 Å². The highest BCUT2D eigenvalue weighted by atomic mass is 32.2. The topological polar surface area (TPSA) is 179 Å². The van der Waals surface area contributed by atoms with Gasteiger partial charge in [-0.15, -0.1) is 0 Å². The minimum Gasteiger partial charge on any atom is -0.279 e. The molecule has 0 unspecified atom stereocenters. The molecule has 0 heterocycles. The van der Waals surface area contributed by atoms with E-state index < -0.39 is 51.1 Å². The highest BCUT2D eigenvalue weighted by Gasteiger charge is 2.26. The number of benzene rings is 4. The number of para-hydroxylation sites is 2. The third-order valence-electron chi connectivity index (χ3n) is 5.52. The number of hydrogen-bond acceptors (Lipinski definition) is 8. The summed E-state index contributed by atoms with van der Waals surface area (Å²) in [5, 5.41) is 22.4. The molecule has 4 aromatic carbocycles. The molecule has 0 saturated carbocycles. The lowest BCUT2D eigenvalue weighted by molar-refractivity contribution is -0.388. The van der Waals surface area contributed by atoms with Crippen molar-refractivity contribution in [2.24, 2.45) is 0 Å². The number of rotatable bonds is 10. The normalized spacial score (nSPS) is 11.5. The van der Waals surface area contributed by atoms with E-state index in [2.05, 4.69) is 9.44 Å². The molecule has 0 bridgehead atoms. The Kier molecular flexibility index (Phi) is 7.60. The molecular formula is C25H20N4O8S2. The first-order chi connectivity index (χ1) is 18.5. The first kappa shape index (κ1) is 27.2. The van der Waals surface area contributed by atoms with Crippen LogP contribution in [0.1, 0.15) is 11.1 Å². The second kappa shape index (κ2) is 10.9. The van der Waals surface area contributed by atoms with Gasteiger partial charge >= 0.3 is 0 Å². The van der Waals surface area contributed by atoms with Crippen molar-refractivity contribution in [3.63, 3.8) is 0 Å². The molecule has 0 aliphatic rings. The number of nitrogens with one attached hydrogen (secondary N) is 2. The first-order valence-electron chi connectivity index (χ1n) is 11.2. The summed E-state index contributed by atoms with van der Waals surface area (Å²) < 4.78 is 55.4. The lowest BCUT2D eigenvalue weighted by Gasteiger charge is -2.10. The van der Waals surface area contributed by atoms with Crippen molar-refractivity contribution in [3.8, 4) is 0 Å². The molecule has 0 amide bonds. The summed E-state index contributed by atoms with van der Waals surface area (Å²) in [5.41, 5.74) is 1.01. The van der Waals surface area contributed by atoms with Gasteiger partial charge in [-0.2, -0.15) is 0 Å². The zero-order chi connectivity index (χ0) is 28.2. The largest absolute Gasteiger partial charge is 0.289 e. The maximum absolute atomic E-state index is 12.7. The van der Waals surface area contributed by atoms with Crippen LogP contribution in [0.5, 0.6) is 0 Å². The maximum atomic E-state index is 12.7. The second-order valence-corrected chi connectivity index (χ2v) is 11.5. The van der Waals surface area contributed by atoms with Crippen molar-refractivity contribution >= 4 is 42.8 Å². The van der Waals surface area contributed by atoms with E-state index in [1.807, 2.05) is 0 Å². The Labute approximate surface area is 223 Å². The average molecular weight is 569 g/mol. The Balaban J connectivity index is 1.44. The van der Waals surface area contributed by atoms with Crippen molar-refractivity contribution in [3.05, 3.63) is 128 Å². The summed E-state index contributed by atoms with van der Waals surface area (Å²) >= 11 is 0. The predicted octanol–water partition coefficient (Wildman–Crippen LogP) is 4.70. The molecule has 4 rings (SSSR count). The van der Waals surface area contributed by atoms with Crippen LogP contribution in [0.15, 0.2) is 107 Å². The minimum absolute atomic E-state index is 0.219. The number of nitro groups is 2. The van der Waals surface area contributed by atoms with E-state index in [-0.39, 0.29) is 11.4 Å². The molecule has 0 fully saturated rings. The van der Waals surface area contributed by atoms with Crippen molar-refractivity contribution in [1.29, 1.82) is 0 Å². The van der Waals surface area contributed by atoms with Crippen LogP contribution in [0.3, 0.4) is 0 Å². The van der Waals surface area contributed by atoms with Crippen LogP contribution >= 0.6 is 0 Å². The van der Waals surface area contributed by atoms with E-state index in [0.29, 0.717) is 6.42 Å². The maximum Gasteiger partial charge on any atom is 0.289 e. The molecule has 0 radical (unpaired) electrons. The van der Waals surface area contributed by atoms with Crippen LogP contribution in [0.2, 0.25) is 0 Å². The van der Waals surface area contributed by atoms with Crippen LogP contribution in [-0.2, 0) is 26.5 Å². The summed E-state index contributed by atoms with van der Waals surface area (Å²) in [6.07, 6.45) is 0.439. The van der Waals surface area contributed by atoms with Crippen LogP contribution < -0.4 is 9.44 Å². The lowest BCUT2D eigenvalue weighted by Crippen LogP contribution is -2.14. The van der Waals surface area contributed by atoms with E-state index in [1.54, 1.807) is 24.3 Å². The van der Waals surface area contributed by atoms with E-state index >= 15 is 0 Å². The number of hydrogen-bond donors (Lipinski definition) is 2. The Morgan fingerprint density at radius 2 is 0.872 bits per heavy atom. The molecule has 200 valence electrons. The molecule has 14 heteroatoms. The molecular weight excluding hydrogens is 548 g/mol. The van der Waals surface area contributed by atoms with Gasteiger partial charge in [0.25, 0.3) is 31.4 Å². The van der Waals surface area contributed by atoms with Gasteiger partial charge in [0.2, 0.25) is 0 Å². The van der Waals surface area contributed by atoms with Crippen LogP contribution in [0, 0.1) is 20.2 Å². The van der Waals surface area contributed by atoms with Gasteiger partial charge < -0.3 is 0 Å². The van der Waals surface area contributed by atoms with E-state index in [4.69, 9.17) is 0 Å². The molecule has 12 nitrogen and oxygen atoms in total. The van der Waals surface area contributed by atoms with Gasteiger partial charge in [0.05, 0.1) is 9.85 Å². The Morgan fingerprint density at radius 1 is 0.538 bits per heavy atom. The molecule has 0 atom stereocenters. The lowest BCUT2D eigenvalue weighted by atomic mass is 10.0. The van der Waals surface area contributed by atoms with E-state index in [0.717, 1.165) is 35.4 Å². The summed E-state index contributed by atoms with van der Waals surface area (Å²) in [6.45, 7) is 0. The summed E-state index contributed by atoms with van der Waals surface area (Å²) in [5.74, 6) is 0. The van der Waals surface area contributed by atoms with Gasteiger partial charge in [0, 0.05) is 23.5 Å². The zero-order valence-corrected chi connectivity index (χ0v) is 21.6. The molecule has 39 heavy (non-hydrogen) atoms. The Hall–Kier alpha value is -4.82. The smallest absolute Gasteiger partial charge is 0.279 e. The molecule has 0 aliphatic carbocycles. The second-order valence-electron chi connectivity index (χ2n) is 8.23. The van der Waals surface area contributed by atoms with Crippen LogP contribution in [-0.4, -0.2) is 26.7 Å². The highest BCUT2D eigenvalue weighted by molar-refractivity contribution is 7.93. The first-order valence-corrected chi connectivity index (χ1v) is 14.1. The Bertz CT molecular complexity index is 1630. The van der Waals surface area contributed by atoms with Crippen molar-refractivity contribution < 1.29 is 26.7 Å². The summed E-state index contributed by atoms with van der Waals surface area (Å²) in [7, 11) is -8.39. The predicted molar refractivity (Wildman–Crippen MR) is 143 cm³/mol. The highest BCUT2D eigenvalue weighted by Crippen LogP contribution is 2.27. The average Bonchev–Trinajstić information content (AvgIpc) is 2.90. The fourth-order valence-electron chi connectivity index (χ4n) is 3.71. The Morgan fingerprint density at radius 3 is 1.21 bits per heavy atom. The van der Waals surface area contributed by atoms with Crippen molar-refractivity contribution in [2.75, 3.05) is 9.44 Å². The number of anilines is 2. The van der Waals surface area contributed by atoms with Crippen LogP contribution in [0.25, 0.3) is 0 Å². The number of nitro benzene ring substituents is 2. The van der Waals surface area contributed by atoms with Gasteiger partial charge in [-0.25, -0.2) is 16.8 Å². The third-order valence-corrected chi connectivity index (χ3v) is 8.38. The SMILES string of the molecule is O=[N+]([O-])c1ccccc1S(=O)(=O)Nc1ccc(Cc2ccc(NS(=O)(=O)c3ccccc3[N+](=O)[O-])cc2)cc1. The third kappa shape index (κ3) is 6.37. The minimum atomic E-state index is -4.19. The molecule has 0 spiro atoms. The zero-order valence-electron chi connectivity index (χ0n) is 19.9. The fourth-order valence-corrected chi connectivity index (χ4v) is 6.17. The van der Waals surface area contributed by atoms with Gasteiger partial charge in [-0.1, -0.05) is 48.5 Å². The molecule has 2 N–H and O–H groups in total. The number of nitrogens with zero attached hydrogens (tertiary/aromatic N) is 2. The van der Waals surface area contributed by atoms with Crippen molar-refractivity contribution in [2.45, 2.75) is 16.2 Å². The van der Waals surface area contributed by atoms with Gasteiger partial charge in [0.1, 0.15) is 0 Å². The molecule has 4 aromatic rings. The molecule has 0 aliphatic heterocycles. The number of sulfonamides is 2. The van der Waals surface area contributed by atoms with Crippen LogP contribution in [0.4, 0.5) is 22.7 Å². The van der Waals surface area contributed by atoms with Gasteiger partial charge in [-0.3, -0.25) is 29.7 Å². The quantitative estimate of drug-likeness (QED) is 0.204. The standard InChI is InChI=1S/C25H20N4O8S2/c30-28(31)22-5-1-3-7-24(22)38(34,35)26-20-13-9-18(10-14-20)17-19-11-15-21(16-12-19)27-39(36,37)25-8-4-2-6-23(25)29(32)33/h1-16,26-27H,17H2. The van der Waals surface area contributed by atoms with Crippen molar-refractivity contribution in [1.82, 2.24) is 0 Å². The molecule has 0 aromatic heterocycles. The van der Waals surface area contributed by atoms with E-state index in [9.17, 15) is 37.1 Å². The molecule has 0 saturated heterocycles. The van der Waals surface area contributed by atoms with E-state index in [1.165, 1.54) is 48.5 Å². The monoisotopic (exact) mass is 568 g/mol. The summed E-state index contributed by atoms with van der Waals surface area (Å²) in [4.78, 5) is 19.9. The fraction of sp³-hybridized carbons (Fsp3) is 0.0400. The summed E-state index contributed by atoms with van der Waals surface area (Å²) in [6, 6.07) is 22.9. The van der Waals surface area contributed by atoms with Gasteiger partial charge in [0.15, 0.2) is 9.79 Å².